The number of fused-ring (bicyclic) bond motifs is 6. The molecule has 1 aliphatic heterocycles. The first-order valence-electron chi connectivity index (χ1n) is 23.8. The number of benzene rings is 3. The molecule has 7 rings (SSSR count). The number of carbonyl (C=O) groups is 6. The molecule has 4 heterocycles. The zero-order chi connectivity index (χ0) is 50.3. The maximum Gasteiger partial charge on any atom is 0.407 e. The highest BCUT2D eigenvalue weighted by Gasteiger charge is 2.30. The van der Waals surface area contributed by atoms with Crippen molar-refractivity contribution in [3.63, 3.8) is 0 Å². The van der Waals surface area contributed by atoms with Gasteiger partial charge in [0.05, 0.1) is 0 Å². The standard InChI is InChI=1S/C51H57N9O12/c61-43-40-32-68-47(59-40)38(23-11-14-26-53-50(65)71-29-35-18-6-2-7-19-35)57-45(63)42-33-69-48(60-42)39(24-12-15-27-54-51(66)72-30-36-20-8-3-9-21-36)56-44(62)41-31-67-46(58-41)37(55-43)22-10-13-25-52-49(64)70-28-34-16-4-1-5-17-34/h1-9,16-21,31-33,37-39H,10-15,22-30H2,(H,52,64)(H,53,65)(H,54,66)(H,55,61)(H,56,62)(H,57,63)/t37-,38-,39-/m0/s1. The Morgan fingerprint density at radius 1 is 0.431 bits per heavy atom. The van der Waals surface area contributed by atoms with Crippen LogP contribution in [0.2, 0.25) is 0 Å². The molecule has 0 spiro atoms. The number of hydrogen-bond donors (Lipinski definition) is 6. The van der Waals surface area contributed by atoms with Crippen molar-refractivity contribution < 1.29 is 56.2 Å². The second kappa shape index (κ2) is 27.0. The van der Waals surface area contributed by atoms with Crippen LogP contribution in [0.4, 0.5) is 14.4 Å². The fourth-order valence-corrected chi connectivity index (χ4v) is 7.44. The van der Waals surface area contributed by atoms with E-state index in [1.165, 1.54) is 18.8 Å². The highest BCUT2D eigenvalue weighted by Crippen LogP contribution is 2.25. The van der Waals surface area contributed by atoms with E-state index in [0.29, 0.717) is 38.5 Å². The Labute approximate surface area is 414 Å². The molecule has 6 amide bonds. The van der Waals surface area contributed by atoms with E-state index in [0.717, 1.165) is 16.7 Å². The molecule has 3 aromatic heterocycles. The van der Waals surface area contributed by atoms with Gasteiger partial charge >= 0.3 is 18.3 Å². The zero-order valence-electron chi connectivity index (χ0n) is 39.5. The van der Waals surface area contributed by atoms with Crippen LogP contribution in [0.5, 0.6) is 0 Å². The van der Waals surface area contributed by atoms with Crippen molar-refractivity contribution in [2.75, 3.05) is 19.6 Å². The molecular formula is C51H57N9O12. The molecule has 3 atom stereocenters. The van der Waals surface area contributed by atoms with Crippen LogP contribution in [0.25, 0.3) is 0 Å². The molecule has 6 aromatic rings. The first-order valence-corrected chi connectivity index (χ1v) is 23.8. The van der Waals surface area contributed by atoms with Crippen molar-refractivity contribution in [3.8, 4) is 0 Å². The Morgan fingerprint density at radius 3 is 0.986 bits per heavy atom. The maximum absolute atomic E-state index is 13.8. The van der Waals surface area contributed by atoms with Gasteiger partial charge in [-0.3, -0.25) is 14.4 Å². The van der Waals surface area contributed by atoms with Crippen molar-refractivity contribution >= 4 is 36.0 Å². The average molecular weight is 988 g/mol. The second-order valence-corrected chi connectivity index (χ2v) is 16.7. The molecular weight excluding hydrogens is 931 g/mol. The maximum atomic E-state index is 13.8. The van der Waals surface area contributed by atoms with E-state index in [4.69, 9.17) is 27.5 Å². The number of oxazole rings is 3. The fraction of sp³-hybridized carbons (Fsp3) is 0.353. The minimum atomic E-state index is -0.859. The van der Waals surface area contributed by atoms with Crippen LogP contribution in [0, 0.1) is 0 Å². The smallest absolute Gasteiger partial charge is 0.407 e. The molecule has 0 fully saturated rings. The van der Waals surface area contributed by atoms with E-state index in [2.05, 4.69) is 46.9 Å². The van der Waals surface area contributed by atoms with Crippen LogP contribution in [0.15, 0.2) is 123 Å². The molecule has 378 valence electrons. The quantitative estimate of drug-likeness (QED) is 0.0298. The number of ether oxygens (including phenoxy) is 3. The van der Waals surface area contributed by atoms with Gasteiger partial charge < -0.3 is 59.4 Å². The lowest BCUT2D eigenvalue weighted by molar-refractivity contribution is 0.0916. The third-order valence-electron chi connectivity index (χ3n) is 11.3. The topological polar surface area (TPSA) is 280 Å². The van der Waals surface area contributed by atoms with Gasteiger partial charge in [-0.25, -0.2) is 29.3 Å². The zero-order valence-corrected chi connectivity index (χ0v) is 39.5. The third-order valence-corrected chi connectivity index (χ3v) is 11.3. The first-order chi connectivity index (χ1) is 35.2. The lowest BCUT2D eigenvalue weighted by Crippen LogP contribution is -2.32. The molecule has 0 aliphatic carbocycles. The fourth-order valence-electron chi connectivity index (χ4n) is 7.44. The summed E-state index contributed by atoms with van der Waals surface area (Å²) < 4.78 is 33.3. The summed E-state index contributed by atoms with van der Waals surface area (Å²) in [6.07, 6.45) is 5.50. The van der Waals surface area contributed by atoms with Gasteiger partial charge in [-0.05, 0) is 74.5 Å². The number of carbonyl (C=O) groups excluding carboxylic acids is 6. The molecule has 1 aliphatic rings. The minimum Gasteiger partial charge on any atom is -0.446 e. The van der Waals surface area contributed by atoms with Gasteiger partial charge in [-0.15, -0.1) is 0 Å². The lowest BCUT2D eigenvalue weighted by Gasteiger charge is -2.16. The van der Waals surface area contributed by atoms with Crippen LogP contribution < -0.4 is 31.9 Å². The number of alkyl carbamates (subject to hydrolysis) is 3. The van der Waals surface area contributed by atoms with Gasteiger partial charge in [0, 0.05) is 19.6 Å². The Morgan fingerprint density at radius 2 is 0.708 bits per heavy atom. The third kappa shape index (κ3) is 16.3. The van der Waals surface area contributed by atoms with Crippen molar-refractivity contribution in [2.45, 2.75) is 95.7 Å². The highest BCUT2D eigenvalue weighted by atomic mass is 16.6. The predicted molar refractivity (Wildman–Crippen MR) is 256 cm³/mol. The van der Waals surface area contributed by atoms with Crippen molar-refractivity contribution in [2.24, 2.45) is 0 Å². The van der Waals surface area contributed by atoms with Crippen LogP contribution in [-0.2, 0) is 34.0 Å². The number of rotatable bonds is 21. The van der Waals surface area contributed by atoms with Crippen molar-refractivity contribution in [1.29, 1.82) is 0 Å². The van der Waals surface area contributed by atoms with Crippen LogP contribution in [0.3, 0.4) is 0 Å². The van der Waals surface area contributed by atoms with E-state index in [-0.39, 0.29) is 93.5 Å². The minimum absolute atomic E-state index is 0.0384. The SMILES string of the molecule is O=C(NCCCC[C@@H]1NC(=O)c2coc(n2)[C@H](CCCCNC(=O)OCc2ccccc2)NC(=O)c2coc(n2)[C@H](CCCCNC(=O)OCc2ccccc2)NC(=O)c2coc1n2)OCc1ccccc1. The largest absolute Gasteiger partial charge is 0.446 e. The van der Waals surface area contributed by atoms with Crippen molar-refractivity contribution in [3.05, 3.63) is 161 Å². The molecule has 0 saturated carbocycles. The summed E-state index contributed by atoms with van der Waals surface area (Å²) in [6.45, 7) is 1.19. The van der Waals surface area contributed by atoms with Gasteiger partial charge in [-0.2, -0.15) is 0 Å². The molecule has 72 heavy (non-hydrogen) atoms. The van der Waals surface area contributed by atoms with Gasteiger partial charge in [0.25, 0.3) is 17.7 Å². The molecule has 21 nitrogen and oxygen atoms in total. The Bertz CT molecular complexity index is 2390. The molecule has 6 bridgehead atoms. The van der Waals surface area contributed by atoms with Crippen molar-refractivity contribution in [1.82, 2.24) is 46.9 Å². The van der Waals surface area contributed by atoms with E-state index >= 15 is 0 Å². The highest BCUT2D eigenvalue weighted by molar-refractivity contribution is 5.94. The molecule has 0 radical (unpaired) electrons. The van der Waals surface area contributed by atoms with E-state index in [1.54, 1.807) is 0 Å². The van der Waals surface area contributed by atoms with Gasteiger partial charge in [0.1, 0.15) is 56.7 Å². The van der Waals surface area contributed by atoms with Gasteiger partial charge in [0.15, 0.2) is 17.1 Å². The van der Waals surface area contributed by atoms with Gasteiger partial charge in [-0.1, -0.05) is 91.0 Å². The summed E-state index contributed by atoms with van der Waals surface area (Å²) in [7, 11) is 0. The number of unbranched alkanes of at least 4 members (excludes halogenated alkanes) is 3. The lowest BCUT2D eigenvalue weighted by atomic mass is 10.1. The normalized spacial score (nSPS) is 15.7. The summed E-state index contributed by atoms with van der Waals surface area (Å²) in [5, 5.41) is 16.8. The summed E-state index contributed by atoms with van der Waals surface area (Å²) in [4.78, 5) is 91.9. The number of hydrogen-bond acceptors (Lipinski definition) is 15. The Balaban J connectivity index is 1.02. The molecule has 6 N–H and O–H groups in total. The van der Waals surface area contributed by atoms with E-state index in [1.807, 2.05) is 91.0 Å². The number of aromatic nitrogens is 3. The number of nitrogens with one attached hydrogen (secondary N) is 6. The molecule has 3 aromatic carbocycles. The number of amides is 6. The summed E-state index contributed by atoms with van der Waals surface area (Å²) in [5.41, 5.74) is 2.25. The molecule has 0 unspecified atom stereocenters. The average Bonchev–Trinajstić information content (AvgIpc) is 4.22. The molecule has 0 saturated heterocycles. The summed E-state index contributed by atoms with van der Waals surface area (Å²) >= 11 is 0. The van der Waals surface area contributed by atoms with Gasteiger partial charge in [0.2, 0.25) is 17.7 Å². The summed E-state index contributed by atoms with van der Waals surface area (Å²) in [5.74, 6) is -1.83. The monoisotopic (exact) mass is 987 g/mol. The predicted octanol–water partition coefficient (Wildman–Crippen LogP) is 7.67. The van der Waals surface area contributed by atoms with Crippen LogP contribution in [-0.4, -0.2) is 70.6 Å². The number of nitrogens with zero attached hydrogens (tertiary/aromatic N) is 3. The van der Waals surface area contributed by atoms with Crippen LogP contribution >= 0.6 is 0 Å². The molecule has 21 heteroatoms. The second-order valence-electron chi connectivity index (χ2n) is 16.7. The first kappa shape index (κ1) is 51.4. The van der Waals surface area contributed by atoms with E-state index < -0.39 is 54.1 Å². The Hall–Kier alpha value is -8.49. The Kier molecular flexibility index (Phi) is 19.3. The van der Waals surface area contributed by atoms with E-state index in [9.17, 15) is 28.8 Å². The van der Waals surface area contributed by atoms with Crippen LogP contribution in [0.1, 0.15) is 142 Å². The summed E-state index contributed by atoms with van der Waals surface area (Å²) in [6, 6.07) is 25.3.